The van der Waals surface area contributed by atoms with E-state index in [-0.39, 0.29) is 30.8 Å². The van der Waals surface area contributed by atoms with Crippen LogP contribution in [-0.2, 0) is 38.7 Å². The quantitative estimate of drug-likeness (QED) is 0.367. The molecular weight excluding hydrogens is 649 g/mol. The van der Waals surface area contributed by atoms with Gasteiger partial charge >= 0.3 is 12.4 Å². The van der Waals surface area contributed by atoms with Crippen molar-refractivity contribution in [2.24, 2.45) is 5.73 Å². The molecule has 0 aliphatic carbocycles. The Labute approximate surface area is 267 Å². The number of carbonyl (C=O) groups is 2. The number of ether oxygens (including phenoxy) is 1. The number of halogens is 8. The Kier molecular flexibility index (Phi) is 10.4. The van der Waals surface area contributed by atoms with E-state index < -0.39 is 58.4 Å². The lowest BCUT2D eigenvalue weighted by atomic mass is 9.87. The number of hydrogen-bond donors (Lipinski definition) is 1. The first-order valence-corrected chi connectivity index (χ1v) is 15.0. The third-order valence-electron chi connectivity index (χ3n) is 8.58. The van der Waals surface area contributed by atoms with Crippen molar-refractivity contribution >= 4 is 35.0 Å². The molecule has 2 aliphatic heterocycles. The molecule has 0 bridgehead atoms. The predicted octanol–water partition coefficient (Wildman–Crippen LogP) is 5.60. The van der Waals surface area contributed by atoms with Crippen molar-refractivity contribution in [3.8, 4) is 0 Å². The van der Waals surface area contributed by atoms with E-state index in [1.807, 2.05) is 4.90 Å². The van der Waals surface area contributed by atoms with E-state index in [0.717, 1.165) is 0 Å². The van der Waals surface area contributed by atoms with E-state index in [1.54, 1.807) is 32.0 Å². The molecule has 45 heavy (non-hydrogen) atoms. The van der Waals surface area contributed by atoms with Crippen LogP contribution >= 0.6 is 23.2 Å². The molecular formula is C30H34Cl2F6N4O3. The van der Waals surface area contributed by atoms with E-state index in [0.29, 0.717) is 61.9 Å². The van der Waals surface area contributed by atoms with Gasteiger partial charge < -0.3 is 20.3 Å². The van der Waals surface area contributed by atoms with Crippen molar-refractivity contribution in [2.45, 2.75) is 50.2 Å². The molecule has 4 rings (SSSR count). The van der Waals surface area contributed by atoms with Crippen LogP contribution in [0.15, 0.2) is 36.4 Å². The number of carbonyl (C=O) groups excluding carboxylic acids is 2. The molecule has 2 aromatic carbocycles. The largest absolute Gasteiger partial charge is 0.416 e. The Bertz CT molecular complexity index is 1380. The molecule has 7 nitrogen and oxygen atoms in total. The summed E-state index contributed by atoms with van der Waals surface area (Å²) in [6.07, 6.45) is -10.3. The summed E-state index contributed by atoms with van der Waals surface area (Å²) in [5.41, 5.74) is 0.950. The minimum Gasteiger partial charge on any atom is -0.368 e. The molecule has 2 heterocycles. The molecule has 0 spiro atoms. The molecule has 1 atom stereocenters. The number of benzene rings is 2. The SMILES string of the molecule is CC(C)(C(N)=O)N1CCN(CCC2(c3ccc(Cl)c(Cl)c3)CN(C(=O)Cc3cc(C(F)(F)F)cc(C(F)(F)F)c3)CCO2)CC1. The normalized spacial score (nSPS) is 20.8. The monoisotopic (exact) mass is 682 g/mol. The first-order chi connectivity index (χ1) is 20.8. The second-order valence-corrected chi connectivity index (χ2v) is 12.7. The van der Waals surface area contributed by atoms with Gasteiger partial charge in [0.05, 0.1) is 46.3 Å². The van der Waals surface area contributed by atoms with Crippen molar-refractivity contribution in [3.63, 3.8) is 0 Å². The highest BCUT2D eigenvalue weighted by atomic mass is 35.5. The number of piperazine rings is 1. The van der Waals surface area contributed by atoms with Gasteiger partial charge in [-0.1, -0.05) is 29.3 Å². The lowest BCUT2D eigenvalue weighted by Gasteiger charge is -2.46. The summed E-state index contributed by atoms with van der Waals surface area (Å²) in [6.45, 7) is 6.68. The molecule has 2 fully saturated rings. The Balaban J connectivity index is 1.55. The van der Waals surface area contributed by atoms with E-state index in [4.69, 9.17) is 33.7 Å². The van der Waals surface area contributed by atoms with Crippen LogP contribution in [0.25, 0.3) is 0 Å². The number of rotatable bonds is 8. The summed E-state index contributed by atoms with van der Waals surface area (Å²) in [5, 5.41) is 0.559. The van der Waals surface area contributed by atoms with Gasteiger partial charge in [0.2, 0.25) is 11.8 Å². The average Bonchev–Trinajstić information content (AvgIpc) is 2.96. The Morgan fingerprint density at radius 2 is 1.49 bits per heavy atom. The summed E-state index contributed by atoms with van der Waals surface area (Å²) in [6, 6.07) is 6.12. The van der Waals surface area contributed by atoms with Crippen LogP contribution in [0.3, 0.4) is 0 Å². The molecule has 2 saturated heterocycles. The van der Waals surface area contributed by atoms with Crippen molar-refractivity contribution in [2.75, 3.05) is 52.4 Å². The van der Waals surface area contributed by atoms with Crippen LogP contribution in [0.2, 0.25) is 10.0 Å². The molecule has 2 N–H and O–H groups in total. The van der Waals surface area contributed by atoms with Crippen molar-refractivity contribution in [1.29, 1.82) is 0 Å². The first kappa shape index (κ1) is 35.3. The second-order valence-electron chi connectivity index (χ2n) is 11.9. The molecule has 2 aliphatic rings. The molecule has 2 amide bonds. The van der Waals surface area contributed by atoms with Gasteiger partial charge in [0.15, 0.2) is 0 Å². The highest BCUT2D eigenvalue weighted by Gasteiger charge is 2.42. The maximum Gasteiger partial charge on any atom is 0.416 e. The topological polar surface area (TPSA) is 79.1 Å². The number of nitrogens with two attached hydrogens (primary N) is 1. The Morgan fingerprint density at radius 1 is 0.889 bits per heavy atom. The van der Waals surface area contributed by atoms with Crippen LogP contribution in [0.4, 0.5) is 26.3 Å². The summed E-state index contributed by atoms with van der Waals surface area (Å²) in [5.74, 6) is -1.06. The summed E-state index contributed by atoms with van der Waals surface area (Å²) < 4.78 is 86.7. The third-order valence-corrected chi connectivity index (χ3v) is 9.32. The summed E-state index contributed by atoms with van der Waals surface area (Å²) >= 11 is 12.5. The zero-order valence-electron chi connectivity index (χ0n) is 24.7. The highest BCUT2D eigenvalue weighted by molar-refractivity contribution is 6.42. The first-order valence-electron chi connectivity index (χ1n) is 14.2. The smallest absolute Gasteiger partial charge is 0.368 e. The molecule has 0 aromatic heterocycles. The highest BCUT2D eigenvalue weighted by Crippen LogP contribution is 2.39. The molecule has 15 heteroatoms. The number of hydrogen-bond acceptors (Lipinski definition) is 5. The van der Waals surface area contributed by atoms with Gasteiger partial charge in [0.25, 0.3) is 0 Å². The van der Waals surface area contributed by atoms with Crippen LogP contribution < -0.4 is 5.73 Å². The predicted molar refractivity (Wildman–Crippen MR) is 157 cm³/mol. The number of alkyl halides is 6. The van der Waals surface area contributed by atoms with E-state index in [2.05, 4.69) is 4.90 Å². The maximum absolute atomic E-state index is 13.4. The number of amides is 2. The molecule has 1 unspecified atom stereocenters. The van der Waals surface area contributed by atoms with Gasteiger partial charge in [-0.05, 0) is 61.7 Å². The van der Waals surface area contributed by atoms with Gasteiger partial charge in [0, 0.05) is 39.3 Å². The van der Waals surface area contributed by atoms with Crippen LogP contribution in [0, 0.1) is 0 Å². The van der Waals surface area contributed by atoms with Crippen molar-refractivity contribution in [3.05, 3.63) is 68.7 Å². The average molecular weight is 684 g/mol. The molecule has 0 radical (unpaired) electrons. The summed E-state index contributed by atoms with van der Waals surface area (Å²) in [7, 11) is 0. The van der Waals surface area contributed by atoms with Crippen molar-refractivity contribution < 1.29 is 40.7 Å². The minimum atomic E-state index is -5.03. The Morgan fingerprint density at radius 3 is 2.02 bits per heavy atom. The molecule has 2 aromatic rings. The van der Waals surface area contributed by atoms with E-state index in [9.17, 15) is 35.9 Å². The van der Waals surface area contributed by atoms with Crippen molar-refractivity contribution in [1.82, 2.24) is 14.7 Å². The lowest BCUT2D eigenvalue weighted by Crippen LogP contribution is -2.60. The van der Waals surface area contributed by atoms with Crippen LogP contribution in [0.5, 0.6) is 0 Å². The Hall–Kier alpha value is -2.58. The fourth-order valence-electron chi connectivity index (χ4n) is 5.68. The zero-order valence-corrected chi connectivity index (χ0v) is 26.2. The van der Waals surface area contributed by atoms with Crippen LogP contribution in [-0.4, -0.2) is 84.5 Å². The second kappa shape index (κ2) is 13.3. The number of primary amides is 1. The lowest BCUT2D eigenvalue weighted by molar-refractivity contribution is -0.155. The number of morpholine rings is 1. The van der Waals surface area contributed by atoms with Gasteiger partial charge in [-0.25, -0.2) is 0 Å². The fourth-order valence-corrected chi connectivity index (χ4v) is 5.98. The van der Waals surface area contributed by atoms with Crippen LogP contribution in [0.1, 0.15) is 42.5 Å². The standard InChI is InChI=1S/C30H34Cl2F6N4O3/c1-27(2,26(39)44)42-9-7-40(8-10-42)6-5-28(20-3-4-23(31)24(32)17-20)18-41(11-12-45-28)25(43)15-19-13-21(29(33,34)35)16-22(14-19)30(36,37)38/h3-4,13-14,16-17H,5-12,15,18H2,1-2H3,(H2,39,44). The van der Waals surface area contributed by atoms with E-state index >= 15 is 0 Å². The maximum atomic E-state index is 13.4. The van der Waals surface area contributed by atoms with E-state index in [1.165, 1.54) is 4.90 Å². The summed E-state index contributed by atoms with van der Waals surface area (Å²) in [4.78, 5) is 30.9. The zero-order chi connectivity index (χ0) is 33.4. The third kappa shape index (κ3) is 8.23. The van der Waals surface area contributed by atoms with Gasteiger partial charge in [-0.15, -0.1) is 0 Å². The fraction of sp³-hybridized carbons (Fsp3) is 0.533. The molecule has 0 saturated carbocycles. The number of nitrogens with zero attached hydrogens (tertiary/aromatic N) is 3. The minimum absolute atomic E-state index is 0.0104. The van der Waals surface area contributed by atoms with Gasteiger partial charge in [-0.2, -0.15) is 26.3 Å². The van der Waals surface area contributed by atoms with Gasteiger partial charge in [0.1, 0.15) is 5.60 Å². The molecule has 248 valence electrons. The van der Waals surface area contributed by atoms with Gasteiger partial charge in [-0.3, -0.25) is 14.5 Å².